The molecule has 2 atom stereocenters. The molecule has 1 fully saturated rings. The summed E-state index contributed by atoms with van der Waals surface area (Å²) in [7, 11) is 0. The first-order valence-electron chi connectivity index (χ1n) is 9.28. The van der Waals surface area contributed by atoms with Crippen molar-refractivity contribution in [2.24, 2.45) is 0 Å². The summed E-state index contributed by atoms with van der Waals surface area (Å²) >= 11 is 6.01. The summed E-state index contributed by atoms with van der Waals surface area (Å²) in [6.07, 6.45) is 2.25. The van der Waals surface area contributed by atoms with Crippen LogP contribution in [-0.2, 0) is 9.53 Å². The van der Waals surface area contributed by atoms with Crippen molar-refractivity contribution in [3.63, 3.8) is 0 Å². The zero-order valence-electron chi connectivity index (χ0n) is 15.9. The standard InChI is InChI=1S/C20H22ClN3O5/c1-13(20(25)23-19-9-6-15(24(26)27)11-18(19)21)22-14-4-7-16(8-5-14)29-12-17-3-2-10-28-17/h4-9,11,13,17,22H,2-3,10,12H2,1H3,(H,23,25). The van der Waals surface area contributed by atoms with Crippen molar-refractivity contribution < 1.29 is 19.2 Å². The fourth-order valence-corrected chi connectivity index (χ4v) is 3.11. The number of non-ortho nitro benzene ring substituents is 1. The highest BCUT2D eigenvalue weighted by Crippen LogP contribution is 2.27. The zero-order chi connectivity index (χ0) is 20.8. The van der Waals surface area contributed by atoms with Gasteiger partial charge in [-0.3, -0.25) is 14.9 Å². The zero-order valence-corrected chi connectivity index (χ0v) is 16.6. The van der Waals surface area contributed by atoms with E-state index in [2.05, 4.69) is 10.6 Å². The van der Waals surface area contributed by atoms with Gasteiger partial charge in [0.05, 0.1) is 21.7 Å². The minimum absolute atomic E-state index is 0.104. The second-order valence-electron chi connectivity index (χ2n) is 6.75. The first-order valence-corrected chi connectivity index (χ1v) is 9.66. The number of hydrogen-bond donors (Lipinski definition) is 2. The molecule has 154 valence electrons. The van der Waals surface area contributed by atoms with Crippen LogP contribution in [0.2, 0.25) is 5.02 Å². The van der Waals surface area contributed by atoms with Crippen molar-refractivity contribution >= 4 is 34.6 Å². The van der Waals surface area contributed by atoms with Crippen molar-refractivity contribution in [1.82, 2.24) is 0 Å². The van der Waals surface area contributed by atoms with Gasteiger partial charge in [0.25, 0.3) is 5.69 Å². The Morgan fingerprint density at radius 1 is 1.34 bits per heavy atom. The third-order valence-corrected chi connectivity index (χ3v) is 4.82. The minimum atomic E-state index is -0.556. The first-order chi connectivity index (χ1) is 13.9. The first kappa shape index (κ1) is 20.9. The number of nitrogens with zero attached hydrogens (tertiary/aromatic N) is 1. The predicted molar refractivity (Wildman–Crippen MR) is 111 cm³/mol. The van der Waals surface area contributed by atoms with Crippen LogP contribution in [0.4, 0.5) is 17.1 Å². The van der Waals surface area contributed by atoms with Gasteiger partial charge in [0.1, 0.15) is 18.4 Å². The molecule has 1 aliphatic rings. The maximum absolute atomic E-state index is 12.4. The number of hydrogen-bond acceptors (Lipinski definition) is 6. The van der Waals surface area contributed by atoms with Crippen molar-refractivity contribution in [3.05, 3.63) is 57.6 Å². The van der Waals surface area contributed by atoms with E-state index in [1.807, 2.05) is 24.3 Å². The number of nitro benzene ring substituents is 1. The van der Waals surface area contributed by atoms with Crippen LogP contribution in [0.15, 0.2) is 42.5 Å². The third kappa shape index (κ3) is 5.82. The van der Waals surface area contributed by atoms with Crippen LogP contribution in [0.3, 0.4) is 0 Å². The highest BCUT2D eigenvalue weighted by Gasteiger charge is 2.17. The average molecular weight is 420 g/mol. The van der Waals surface area contributed by atoms with Gasteiger partial charge in [0.2, 0.25) is 5.91 Å². The second kappa shape index (κ2) is 9.58. The molecule has 0 aliphatic carbocycles. The Balaban J connectivity index is 1.51. The van der Waals surface area contributed by atoms with E-state index in [0.29, 0.717) is 12.3 Å². The average Bonchev–Trinajstić information content (AvgIpc) is 3.22. The quantitative estimate of drug-likeness (QED) is 0.490. The van der Waals surface area contributed by atoms with E-state index in [4.69, 9.17) is 21.1 Å². The number of halogens is 1. The summed E-state index contributed by atoms with van der Waals surface area (Å²) in [6.45, 7) is 3.03. The largest absolute Gasteiger partial charge is 0.491 e. The lowest BCUT2D eigenvalue weighted by atomic mass is 10.2. The van der Waals surface area contributed by atoms with Crippen molar-refractivity contribution in [1.29, 1.82) is 0 Å². The Labute approximate surface area is 173 Å². The fourth-order valence-electron chi connectivity index (χ4n) is 2.89. The lowest BCUT2D eigenvalue weighted by Gasteiger charge is -2.16. The molecule has 0 bridgehead atoms. The van der Waals surface area contributed by atoms with Crippen LogP contribution in [0, 0.1) is 10.1 Å². The molecule has 0 radical (unpaired) electrons. The highest BCUT2D eigenvalue weighted by molar-refractivity contribution is 6.34. The van der Waals surface area contributed by atoms with Gasteiger partial charge >= 0.3 is 0 Å². The van der Waals surface area contributed by atoms with Crippen LogP contribution < -0.4 is 15.4 Å². The van der Waals surface area contributed by atoms with Crippen molar-refractivity contribution in [3.8, 4) is 5.75 Å². The van der Waals surface area contributed by atoms with Crippen molar-refractivity contribution in [2.45, 2.75) is 31.9 Å². The number of benzene rings is 2. The topological polar surface area (TPSA) is 103 Å². The van der Waals surface area contributed by atoms with Crippen LogP contribution in [0.25, 0.3) is 0 Å². The van der Waals surface area contributed by atoms with E-state index in [1.54, 1.807) is 6.92 Å². The summed E-state index contributed by atoms with van der Waals surface area (Å²) in [6, 6.07) is 10.6. The normalized spacial score (nSPS) is 16.8. The number of amides is 1. The number of carbonyl (C=O) groups is 1. The van der Waals surface area contributed by atoms with Gasteiger partial charge in [-0.05, 0) is 50.1 Å². The molecule has 2 aromatic carbocycles. The van der Waals surface area contributed by atoms with Gasteiger partial charge in [-0.15, -0.1) is 0 Å². The molecule has 29 heavy (non-hydrogen) atoms. The lowest BCUT2D eigenvalue weighted by molar-refractivity contribution is -0.384. The number of ether oxygens (including phenoxy) is 2. The molecule has 2 aromatic rings. The number of rotatable bonds is 8. The molecule has 9 heteroatoms. The minimum Gasteiger partial charge on any atom is -0.491 e. The van der Waals surface area contributed by atoms with Crippen molar-refractivity contribution in [2.75, 3.05) is 23.8 Å². The molecule has 1 heterocycles. The Morgan fingerprint density at radius 3 is 2.72 bits per heavy atom. The van der Waals surface area contributed by atoms with Crippen LogP contribution in [-0.4, -0.2) is 36.2 Å². The maximum Gasteiger partial charge on any atom is 0.271 e. The molecule has 1 amide bonds. The smallest absolute Gasteiger partial charge is 0.271 e. The van der Waals surface area contributed by atoms with Gasteiger partial charge in [0.15, 0.2) is 0 Å². The van der Waals surface area contributed by atoms with Gasteiger partial charge in [-0.2, -0.15) is 0 Å². The third-order valence-electron chi connectivity index (χ3n) is 4.51. The van der Waals surface area contributed by atoms with Gasteiger partial charge in [-0.1, -0.05) is 11.6 Å². The molecular weight excluding hydrogens is 398 g/mol. The number of carbonyl (C=O) groups excluding carboxylic acids is 1. The van der Waals surface area contributed by atoms with Crippen LogP contribution in [0.1, 0.15) is 19.8 Å². The Hall–Kier alpha value is -2.84. The summed E-state index contributed by atoms with van der Waals surface area (Å²) in [5.74, 6) is 0.417. The Kier molecular flexibility index (Phi) is 6.90. The van der Waals surface area contributed by atoms with Gasteiger partial charge in [-0.25, -0.2) is 0 Å². The number of nitrogens with one attached hydrogen (secondary N) is 2. The molecular formula is C20H22ClN3O5. The van der Waals surface area contributed by atoms with Gasteiger partial charge < -0.3 is 20.1 Å². The monoisotopic (exact) mass is 419 g/mol. The lowest BCUT2D eigenvalue weighted by Crippen LogP contribution is -2.31. The second-order valence-corrected chi connectivity index (χ2v) is 7.15. The van der Waals surface area contributed by atoms with E-state index in [1.165, 1.54) is 18.2 Å². The molecule has 2 N–H and O–H groups in total. The summed E-state index contributed by atoms with van der Waals surface area (Å²) < 4.78 is 11.2. The van der Waals surface area contributed by atoms with E-state index in [-0.39, 0.29) is 22.7 Å². The molecule has 8 nitrogen and oxygen atoms in total. The van der Waals surface area contributed by atoms with E-state index >= 15 is 0 Å². The predicted octanol–water partition coefficient (Wildman–Crippen LogP) is 4.25. The molecule has 0 saturated carbocycles. The molecule has 0 aromatic heterocycles. The number of anilines is 2. The molecule has 1 saturated heterocycles. The van der Waals surface area contributed by atoms with E-state index in [0.717, 1.165) is 30.9 Å². The fraction of sp³-hybridized carbons (Fsp3) is 0.350. The van der Waals surface area contributed by atoms with E-state index < -0.39 is 11.0 Å². The Morgan fingerprint density at radius 2 is 2.10 bits per heavy atom. The number of nitro groups is 1. The molecule has 3 rings (SSSR count). The van der Waals surface area contributed by atoms with E-state index in [9.17, 15) is 14.9 Å². The Bertz CT molecular complexity index is 869. The SMILES string of the molecule is CC(Nc1ccc(OCC2CCCO2)cc1)C(=O)Nc1ccc([N+](=O)[O-])cc1Cl. The van der Waals surface area contributed by atoms with Crippen LogP contribution >= 0.6 is 11.6 Å². The maximum atomic E-state index is 12.4. The van der Waals surface area contributed by atoms with Gasteiger partial charge in [0, 0.05) is 24.4 Å². The highest BCUT2D eigenvalue weighted by atomic mass is 35.5. The summed E-state index contributed by atoms with van der Waals surface area (Å²) in [5.41, 5.74) is 0.932. The summed E-state index contributed by atoms with van der Waals surface area (Å²) in [4.78, 5) is 22.6. The molecule has 1 aliphatic heterocycles. The van der Waals surface area contributed by atoms with Crippen LogP contribution in [0.5, 0.6) is 5.75 Å². The molecule has 0 spiro atoms. The summed E-state index contributed by atoms with van der Waals surface area (Å²) in [5, 5.41) is 16.6. The molecule has 2 unspecified atom stereocenters.